The van der Waals surface area contributed by atoms with E-state index in [2.05, 4.69) is 84.9 Å². The van der Waals surface area contributed by atoms with Crippen molar-refractivity contribution in [2.45, 2.75) is 26.4 Å². The highest BCUT2D eigenvalue weighted by molar-refractivity contribution is 7.03. The highest BCUT2D eigenvalue weighted by Crippen LogP contribution is 2.51. The number of ether oxygens (including phenoxy) is 4. The molecule has 18 rings (SSSR count). The number of hydrogen-bond acceptors (Lipinski definition) is 8. The molecule has 0 saturated carbocycles. The summed E-state index contributed by atoms with van der Waals surface area (Å²) >= 11 is 0. The molecule has 0 aromatic heterocycles. The number of benzene rings is 14. The predicted molar refractivity (Wildman–Crippen MR) is 374 cm³/mol. The molecule has 4 aliphatic rings. The van der Waals surface area contributed by atoms with E-state index in [0.29, 0.717) is 22.3 Å². The van der Waals surface area contributed by atoms with Gasteiger partial charge in [-0.1, -0.05) is 239 Å². The zero-order valence-corrected chi connectivity index (χ0v) is 50.7. The Morgan fingerprint density at radius 2 is 0.532 bits per heavy atom. The molecular weight excluding hydrogens is 1160 g/mol. The summed E-state index contributed by atoms with van der Waals surface area (Å²) in [5, 5.41) is 6.42. The summed E-state index contributed by atoms with van der Waals surface area (Å²) in [4.78, 5) is 58.1. The number of carbonyl (C=O) groups is 4. The summed E-state index contributed by atoms with van der Waals surface area (Å²) in [6.07, 6.45) is 0. The van der Waals surface area contributed by atoms with Crippen LogP contribution in [-0.2, 0) is 45.4 Å². The molecule has 0 N–H and O–H groups in total. The summed E-state index contributed by atoms with van der Waals surface area (Å²) in [7, 11) is 0. The molecule has 4 aliphatic heterocycles. The molecule has 14 aromatic carbocycles. The van der Waals surface area contributed by atoms with Crippen LogP contribution in [0.5, 0.6) is 0 Å². The van der Waals surface area contributed by atoms with E-state index in [0.717, 1.165) is 154 Å². The van der Waals surface area contributed by atoms with Gasteiger partial charge in [0.2, 0.25) is 13.4 Å². The second-order valence-electron chi connectivity index (χ2n) is 24.9. The van der Waals surface area contributed by atoms with Crippen LogP contribution in [0, 0.1) is 0 Å². The second-order valence-corrected chi connectivity index (χ2v) is 24.9. The number of carbonyl (C=O) groups excluding carboxylic acids is 4. The van der Waals surface area contributed by atoms with E-state index in [-0.39, 0.29) is 39.9 Å². The van der Waals surface area contributed by atoms with E-state index in [1.54, 1.807) is 0 Å². The van der Waals surface area contributed by atoms with Gasteiger partial charge in [-0.3, -0.25) is 0 Å². The molecular formula is C84H52B2O8. The zero-order chi connectivity index (χ0) is 62.7. The first-order chi connectivity index (χ1) is 46.3. The fraction of sp³-hybridized carbons (Fsp3) is 0.0476. The summed E-state index contributed by atoms with van der Waals surface area (Å²) in [6, 6.07) is 89.1. The van der Waals surface area contributed by atoms with Crippen LogP contribution in [0.25, 0.3) is 99.1 Å². The molecule has 0 saturated heterocycles. The Balaban J connectivity index is 0.905. The minimum atomic E-state index is -0.462. The molecule has 442 valence electrons. The van der Waals surface area contributed by atoms with Gasteiger partial charge in [-0.25, -0.2) is 19.2 Å². The van der Waals surface area contributed by atoms with Crippen LogP contribution in [0.3, 0.4) is 0 Å². The lowest BCUT2D eigenvalue weighted by atomic mass is 9.34. The Bertz CT molecular complexity index is 5160. The molecule has 0 bridgehead atoms. The highest BCUT2D eigenvalue weighted by atomic mass is 16.5. The molecule has 0 atom stereocenters. The van der Waals surface area contributed by atoms with Gasteiger partial charge in [-0.05, 0) is 182 Å². The highest BCUT2D eigenvalue weighted by Gasteiger charge is 2.46. The second kappa shape index (κ2) is 21.9. The van der Waals surface area contributed by atoms with Crippen LogP contribution >= 0.6 is 0 Å². The van der Waals surface area contributed by atoms with Gasteiger partial charge in [0.05, 0.1) is 22.3 Å². The third kappa shape index (κ3) is 8.85. The molecule has 0 radical (unpaired) electrons. The average molecular weight is 1210 g/mol. The van der Waals surface area contributed by atoms with Crippen molar-refractivity contribution in [3.8, 4) is 66.8 Å². The van der Waals surface area contributed by atoms with E-state index in [1.165, 1.54) is 0 Å². The molecule has 4 heterocycles. The van der Waals surface area contributed by atoms with Crippen LogP contribution < -0.4 is 32.8 Å². The smallest absolute Gasteiger partial charge is 0.338 e. The van der Waals surface area contributed by atoms with E-state index in [9.17, 15) is 19.2 Å². The van der Waals surface area contributed by atoms with Gasteiger partial charge >= 0.3 is 23.9 Å². The van der Waals surface area contributed by atoms with Crippen molar-refractivity contribution in [2.75, 3.05) is 0 Å². The molecule has 10 heteroatoms. The van der Waals surface area contributed by atoms with Crippen molar-refractivity contribution < 1.29 is 38.1 Å². The van der Waals surface area contributed by atoms with Crippen LogP contribution in [0.15, 0.2) is 267 Å². The van der Waals surface area contributed by atoms with Gasteiger partial charge in [0.25, 0.3) is 0 Å². The van der Waals surface area contributed by atoms with Crippen LogP contribution in [-0.4, -0.2) is 37.3 Å². The molecule has 0 aliphatic carbocycles. The van der Waals surface area contributed by atoms with Gasteiger partial charge < -0.3 is 18.9 Å². The third-order valence-corrected chi connectivity index (χ3v) is 19.6. The van der Waals surface area contributed by atoms with Gasteiger partial charge in [0.15, 0.2) is 0 Å². The lowest BCUT2D eigenvalue weighted by molar-refractivity contribution is 0.0464. The first kappa shape index (κ1) is 55.0. The Hall–Kier alpha value is -11.9. The van der Waals surface area contributed by atoms with Crippen LogP contribution in [0.2, 0.25) is 0 Å². The Morgan fingerprint density at radius 1 is 0.245 bits per heavy atom. The number of esters is 4. The van der Waals surface area contributed by atoms with Crippen molar-refractivity contribution in [1.29, 1.82) is 0 Å². The maximum absolute atomic E-state index is 14.8. The molecule has 94 heavy (non-hydrogen) atoms. The summed E-state index contributed by atoms with van der Waals surface area (Å²) in [5.74, 6) is -1.82. The maximum Gasteiger partial charge on any atom is 0.338 e. The van der Waals surface area contributed by atoms with Gasteiger partial charge in [0.1, 0.15) is 26.4 Å². The Labute approximate surface area is 542 Å². The van der Waals surface area contributed by atoms with E-state index in [4.69, 9.17) is 18.9 Å². The largest absolute Gasteiger partial charge is 0.457 e. The fourth-order valence-corrected chi connectivity index (χ4v) is 15.4. The topological polar surface area (TPSA) is 105 Å². The van der Waals surface area contributed by atoms with Crippen molar-refractivity contribution in [1.82, 2.24) is 0 Å². The number of hydrogen-bond donors (Lipinski definition) is 0. The average Bonchev–Trinajstić information content (AvgIpc) is 1.14. The van der Waals surface area contributed by atoms with Crippen molar-refractivity contribution in [3.05, 3.63) is 311 Å². The Morgan fingerprint density at radius 3 is 0.862 bits per heavy atom. The zero-order valence-electron chi connectivity index (χ0n) is 50.7. The first-order valence-corrected chi connectivity index (χ1v) is 31.7. The molecule has 0 spiro atoms. The summed E-state index contributed by atoms with van der Waals surface area (Å²) in [5.41, 5.74) is 22.7. The SMILES string of the molecule is O=C(OCc1ccccc1)c1ccc2c(c1)-c1cc(C(=O)OCc3ccccc3)cc3c1B2c1cc2c(-c4ccccc4)cc4c5c(cc6c(-c7ccccc7)cc-3c1c6c25)B1c2ccc(C(=O)OCc3ccccc3)cc2-c2cc(C(=O)OCc3ccccc3)cc-4c21. The maximum atomic E-state index is 14.8. The molecule has 0 amide bonds. The van der Waals surface area contributed by atoms with Gasteiger partial charge in [0, 0.05) is 0 Å². The number of rotatable bonds is 14. The lowest BCUT2D eigenvalue weighted by Crippen LogP contribution is -2.53. The minimum absolute atomic E-state index is 0.0903. The molecule has 8 nitrogen and oxygen atoms in total. The third-order valence-electron chi connectivity index (χ3n) is 19.6. The van der Waals surface area contributed by atoms with Crippen LogP contribution in [0.1, 0.15) is 63.7 Å². The van der Waals surface area contributed by atoms with Crippen molar-refractivity contribution >= 4 is 102 Å². The molecule has 0 fully saturated rings. The van der Waals surface area contributed by atoms with Gasteiger partial charge in [-0.15, -0.1) is 0 Å². The molecule has 0 unspecified atom stereocenters. The standard InChI is InChI=1S/C84H52B2O8/c87-81(91-45-49-19-7-1-8-20-49)55-31-33-71-61(35-55)67-37-57(83(89)93-47-51-23-11-3-12-24-51)39-69-63-41-59(53-27-15-5-16-28-53)66-44-74-76-64(42-60(54-29-17-6-18-30-54)65-43-73(85(71)79(67)69)75(63)77(66)78(65)76)70-40-58(84(90)94-48-52-25-13-4-14-26-52)38-68-62-36-56(32-34-72(62)86(74)80(68)70)82(88)92-46-50-21-9-2-10-22-50/h1-44H,45-48H2. The van der Waals surface area contributed by atoms with E-state index >= 15 is 0 Å². The fourth-order valence-electron chi connectivity index (χ4n) is 15.4. The minimum Gasteiger partial charge on any atom is -0.457 e. The normalized spacial score (nSPS) is 12.3. The van der Waals surface area contributed by atoms with Gasteiger partial charge in [-0.2, -0.15) is 0 Å². The summed E-state index contributed by atoms with van der Waals surface area (Å²) in [6.45, 7) is -0.214. The lowest BCUT2D eigenvalue weighted by Gasteiger charge is -2.33. The van der Waals surface area contributed by atoms with Crippen molar-refractivity contribution in [3.63, 3.8) is 0 Å². The number of fused-ring (bicyclic) bond motifs is 10. The van der Waals surface area contributed by atoms with Crippen molar-refractivity contribution in [2.24, 2.45) is 0 Å². The monoisotopic (exact) mass is 1210 g/mol. The molecule has 14 aromatic rings. The first-order valence-electron chi connectivity index (χ1n) is 31.7. The summed E-state index contributed by atoms with van der Waals surface area (Å²) < 4.78 is 24.4. The predicted octanol–water partition coefficient (Wildman–Crippen LogP) is 14.3. The Kier molecular flexibility index (Phi) is 12.8. The van der Waals surface area contributed by atoms with E-state index in [1.807, 2.05) is 182 Å². The van der Waals surface area contributed by atoms with Crippen LogP contribution in [0.4, 0.5) is 0 Å². The van der Waals surface area contributed by atoms with E-state index < -0.39 is 23.9 Å². The quantitative estimate of drug-likeness (QED) is 0.0459.